The van der Waals surface area contributed by atoms with E-state index >= 15 is 0 Å². The number of aromatic nitrogens is 2. The highest BCUT2D eigenvalue weighted by Gasteiger charge is 2.21. The van der Waals surface area contributed by atoms with Gasteiger partial charge >= 0.3 is 5.63 Å². The average molecular weight is 378 g/mol. The molecule has 0 aliphatic heterocycles. The Morgan fingerprint density at radius 3 is 2.89 bits per heavy atom. The first-order valence-electron chi connectivity index (χ1n) is 9.09. The molecule has 1 aliphatic rings. The second kappa shape index (κ2) is 6.16. The summed E-state index contributed by atoms with van der Waals surface area (Å²) < 4.78 is 11.7. The van der Waals surface area contributed by atoms with Crippen LogP contribution in [-0.2, 0) is 12.8 Å². The first kappa shape index (κ1) is 16.4. The minimum atomic E-state index is -0.350. The molecular weight excluding hydrogens is 360 g/mol. The molecule has 0 saturated heterocycles. The minimum Gasteiger partial charge on any atom is -0.438 e. The van der Waals surface area contributed by atoms with Crippen LogP contribution in [0.5, 0.6) is 11.6 Å². The summed E-state index contributed by atoms with van der Waals surface area (Å²) in [6, 6.07) is 5.35. The van der Waals surface area contributed by atoms with E-state index in [4.69, 9.17) is 9.15 Å². The monoisotopic (exact) mass is 378 g/mol. The van der Waals surface area contributed by atoms with E-state index in [0.29, 0.717) is 17.2 Å². The van der Waals surface area contributed by atoms with E-state index in [-0.39, 0.29) is 5.63 Å². The van der Waals surface area contributed by atoms with Crippen molar-refractivity contribution >= 4 is 32.5 Å². The second-order valence-electron chi connectivity index (χ2n) is 6.99. The first-order chi connectivity index (χ1) is 13.1. The third kappa shape index (κ3) is 2.63. The fraction of sp³-hybridized carbons (Fsp3) is 0.286. The highest BCUT2D eigenvalue weighted by Crippen LogP contribution is 2.41. The van der Waals surface area contributed by atoms with Gasteiger partial charge < -0.3 is 9.15 Å². The lowest BCUT2D eigenvalue weighted by Gasteiger charge is -2.13. The van der Waals surface area contributed by atoms with Gasteiger partial charge in [-0.25, -0.2) is 14.8 Å². The van der Waals surface area contributed by atoms with Gasteiger partial charge in [0, 0.05) is 21.9 Å². The van der Waals surface area contributed by atoms with Crippen LogP contribution in [0, 0.1) is 13.8 Å². The van der Waals surface area contributed by atoms with Gasteiger partial charge in [-0.05, 0) is 62.8 Å². The third-order valence-electron chi connectivity index (χ3n) is 5.24. The highest BCUT2D eigenvalue weighted by atomic mass is 32.1. The molecule has 0 saturated carbocycles. The van der Waals surface area contributed by atoms with Gasteiger partial charge in [0.05, 0.1) is 5.39 Å². The molecule has 5 rings (SSSR count). The van der Waals surface area contributed by atoms with Gasteiger partial charge in [-0.15, -0.1) is 11.3 Å². The highest BCUT2D eigenvalue weighted by molar-refractivity contribution is 7.18. The van der Waals surface area contributed by atoms with Crippen molar-refractivity contribution in [3.63, 3.8) is 0 Å². The number of aryl methyl sites for hydroxylation is 4. The fourth-order valence-electron chi connectivity index (χ4n) is 3.85. The van der Waals surface area contributed by atoms with E-state index in [1.165, 1.54) is 29.3 Å². The Balaban J connectivity index is 1.67. The Morgan fingerprint density at radius 1 is 1.15 bits per heavy atom. The van der Waals surface area contributed by atoms with E-state index in [0.717, 1.165) is 39.6 Å². The van der Waals surface area contributed by atoms with Crippen LogP contribution in [0.2, 0.25) is 0 Å². The zero-order valence-electron chi connectivity index (χ0n) is 15.2. The van der Waals surface area contributed by atoms with Gasteiger partial charge in [-0.3, -0.25) is 0 Å². The van der Waals surface area contributed by atoms with Crippen LogP contribution in [0.1, 0.15) is 34.4 Å². The van der Waals surface area contributed by atoms with Gasteiger partial charge in [0.25, 0.3) is 0 Å². The molecule has 3 aromatic heterocycles. The zero-order chi connectivity index (χ0) is 18.5. The van der Waals surface area contributed by atoms with Crippen LogP contribution < -0.4 is 10.4 Å². The number of fused-ring (bicyclic) bond motifs is 4. The molecule has 5 nitrogen and oxygen atoms in total. The van der Waals surface area contributed by atoms with Crippen molar-refractivity contribution < 1.29 is 9.15 Å². The van der Waals surface area contributed by atoms with E-state index in [2.05, 4.69) is 9.97 Å². The molecule has 0 unspecified atom stereocenters. The normalized spacial score (nSPS) is 13.9. The molecule has 0 bridgehead atoms. The van der Waals surface area contributed by atoms with E-state index in [9.17, 15) is 4.79 Å². The number of thiophene rings is 1. The fourth-order valence-corrected chi connectivity index (χ4v) is 5.07. The third-order valence-corrected chi connectivity index (χ3v) is 6.44. The largest absolute Gasteiger partial charge is 0.438 e. The van der Waals surface area contributed by atoms with E-state index in [1.54, 1.807) is 17.7 Å². The van der Waals surface area contributed by atoms with Crippen molar-refractivity contribution in [1.29, 1.82) is 0 Å². The number of hydrogen-bond acceptors (Lipinski definition) is 6. The van der Waals surface area contributed by atoms with E-state index in [1.807, 2.05) is 26.0 Å². The van der Waals surface area contributed by atoms with Crippen molar-refractivity contribution in [1.82, 2.24) is 9.97 Å². The summed E-state index contributed by atoms with van der Waals surface area (Å²) in [5.74, 6) is 1.23. The van der Waals surface area contributed by atoms with E-state index < -0.39 is 0 Å². The summed E-state index contributed by atoms with van der Waals surface area (Å²) in [5, 5.41) is 1.95. The number of benzene rings is 1. The number of hydrogen-bond donors (Lipinski definition) is 0. The van der Waals surface area contributed by atoms with Crippen LogP contribution in [0.15, 0.2) is 33.7 Å². The van der Waals surface area contributed by atoms with Gasteiger partial charge in [0.15, 0.2) is 0 Å². The number of nitrogens with zero attached hydrogens (tertiary/aromatic N) is 2. The van der Waals surface area contributed by atoms with Crippen LogP contribution in [0.3, 0.4) is 0 Å². The predicted octanol–water partition coefficient (Wildman–Crippen LogP) is 5.09. The molecule has 27 heavy (non-hydrogen) atoms. The lowest BCUT2D eigenvalue weighted by Crippen LogP contribution is -2.01. The van der Waals surface area contributed by atoms with Crippen molar-refractivity contribution in [3.8, 4) is 11.6 Å². The summed E-state index contributed by atoms with van der Waals surface area (Å²) in [5.41, 5.74) is 3.24. The second-order valence-corrected chi connectivity index (χ2v) is 8.07. The lowest BCUT2D eigenvalue weighted by molar-refractivity contribution is 0.462. The van der Waals surface area contributed by atoms with Crippen molar-refractivity contribution in [2.45, 2.75) is 39.5 Å². The van der Waals surface area contributed by atoms with Gasteiger partial charge in [-0.2, -0.15) is 0 Å². The minimum absolute atomic E-state index is 0.350. The first-order valence-corrected chi connectivity index (χ1v) is 9.90. The van der Waals surface area contributed by atoms with Crippen molar-refractivity contribution in [2.24, 2.45) is 0 Å². The molecule has 0 amide bonds. The molecule has 6 heteroatoms. The summed E-state index contributed by atoms with van der Waals surface area (Å²) in [4.78, 5) is 23.1. The van der Waals surface area contributed by atoms with Crippen molar-refractivity contribution in [2.75, 3.05) is 0 Å². The molecule has 0 spiro atoms. The molecule has 0 radical (unpaired) electrons. The molecule has 0 atom stereocenters. The van der Waals surface area contributed by atoms with Crippen LogP contribution >= 0.6 is 11.3 Å². The number of rotatable bonds is 2. The summed E-state index contributed by atoms with van der Waals surface area (Å²) >= 11 is 1.74. The molecule has 4 aromatic rings. The van der Waals surface area contributed by atoms with Crippen LogP contribution in [-0.4, -0.2) is 9.97 Å². The Morgan fingerprint density at radius 2 is 2.00 bits per heavy atom. The van der Waals surface area contributed by atoms with Crippen molar-refractivity contribution in [3.05, 3.63) is 56.5 Å². The SMILES string of the molecule is Cc1cc(=O)oc2c(C)c(Oc3ncnc4sc5c(c34)CCCC5)ccc12. The maximum atomic E-state index is 11.8. The molecule has 3 heterocycles. The topological polar surface area (TPSA) is 65.2 Å². The molecular formula is C21H18N2O3S. The van der Waals surface area contributed by atoms with Gasteiger partial charge in [0.1, 0.15) is 22.5 Å². The summed E-state index contributed by atoms with van der Waals surface area (Å²) in [6.45, 7) is 3.81. The van der Waals surface area contributed by atoms with Gasteiger partial charge in [-0.1, -0.05) is 0 Å². The Hall–Kier alpha value is -2.73. The standard InChI is InChI=1S/C21H18N2O3S/c1-11-9-17(24)26-19-12(2)15(8-7-13(11)19)25-20-18-14-5-3-4-6-16(14)27-21(18)23-10-22-20/h7-10H,3-6H2,1-2H3. The molecule has 1 aromatic carbocycles. The Kier molecular flexibility index (Phi) is 3.75. The predicted molar refractivity (Wildman–Crippen MR) is 106 cm³/mol. The quantitative estimate of drug-likeness (QED) is 0.455. The number of ether oxygens (including phenoxy) is 1. The molecule has 0 fully saturated rings. The average Bonchev–Trinajstić information content (AvgIpc) is 3.04. The molecule has 136 valence electrons. The summed E-state index contributed by atoms with van der Waals surface area (Å²) in [6.07, 6.45) is 6.12. The maximum Gasteiger partial charge on any atom is 0.336 e. The molecule has 0 N–H and O–H groups in total. The zero-order valence-corrected chi connectivity index (χ0v) is 16.0. The Bertz CT molecular complexity index is 1260. The van der Waals surface area contributed by atoms with Crippen LogP contribution in [0.25, 0.3) is 21.2 Å². The summed E-state index contributed by atoms with van der Waals surface area (Å²) in [7, 11) is 0. The smallest absolute Gasteiger partial charge is 0.336 e. The molecule has 1 aliphatic carbocycles. The maximum absolute atomic E-state index is 11.8. The lowest BCUT2D eigenvalue weighted by atomic mass is 9.97. The van der Waals surface area contributed by atoms with Gasteiger partial charge in [0.2, 0.25) is 5.88 Å². The van der Waals surface area contributed by atoms with Crippen LogP contribution in [0.4, 0.5) is 0 Å². The Labute approximate surface area is 159 Å².